The van der Waals surface area contributed by atoms with Crippen molar-refractivity contribution in [3.63, 3.8) is 0 Å². The van der Waals surface area contributed by atoms with Crippen LogP contribution in [0.2, 0.25) is 0 Å². The van der Waals surface area contributed by atoms with Gasteiger partial charge in [-0.2, -0.15) is 5.26 Å². The van der Waals surface area contributed by atoms with E-state index in [4.69, 9.17) is 4.74 Å². The van der Waals surface area contributed by atoms with Gasteiger partial charge in [-0.15, -0.1) is 0 Å². The largest absolute Gasteiger partial charge is 0.456 e. The molecule has 36 heavy (non-hydrogen) atoms. The third-order valence-electron chi connectivity index (χ3n) is 5.30. The van der Waals surface area contributed by atoms with Crippen molar-refractivity contribution in [3.05, 3.63) is 89.5 Å². The number of aromatic nitrogens is 2. The Hall–Kier alpha value is -3.95. The van der Waals surface area contributed by atoms with Gasteiger partial charge in [0, 0.05) is 19.3 Å². The second-order valence-electron chi connectivity index (χ2n) is 7.82. The monoisotopic (exact) mass is 484 g/mol. The molecule has 3 aromatic carbocycles. The number of fused-ring (bicyclic) bond motifs is 1. The van der Waals surface area contributed by atoms with Crippen LogP contribution < -0.4 is 10.1 Å². The van der Waals surface area contributed by atoms with Gasteiger partial charge in [-0.3, -0.25) is 4.79 Å². The minimum atomic E-state index is 0.0915. The van der Waals surface area contributed by atoms with E-state index in [1.807, 2.05) is 68.7 Å². The fraction of sp³-hybridized carbons (Fsp3) is 0.300. The van der Waals surface area contributed by atoms with Crippen molar-refractivity contribution in [2.24, 2.45) is 0 Å². The number of nitriles is 1. The van der Waals surface area contributed by atoms with Gasteiger partial charge in [-0.1, -0.05) is 58.0 Å². The zero-order valence-electron chi connectivity index (χ0n) is 22.1. The molecule has 0 aliphatic rings. The Morgan fingerprint density at radius 2 is 1.86 bits per heavy atom. The molecule has 0 spiro atoms. The summed E-state index contributed by atoms with van der Waals surface area (Å²) in [6.07, 6.45) is 3.54. The smallest absolute Gasteiger partial charge is 0.145 e. The Bertz CT molecular complexity index is 1320. The zero-order chi connectivity index (χ0) is 26.5. The number of nitrogens with zero attached hydrogens (tertiary/aromatic N) is 3. The van der Waals surface area contributed by atoms with Crippen LogP contribution in [0.5, 0.6) is 11.5 Å². The van der Waals surface area contributed by atoms with Gasteiger partial charge >= 0.3 is 0 Å². The highest BCUT2D eigenvalue weighted by atomic mass is 16.5. The fourth-order valence-electron chi connectivity index (χ4n) is 3.64. The molecule has 0 saturated carbocycles. The number of Topliss-reactive ketones (excluding diaryl/α,β-unsaturated/α-hetero) is 1. The third-order valence-corrected chi connectivity index (χ3v) is 5.30. The molecule has 1 N–H and O–H groups in total. The molecule has 6 nitrogen and oxygen atoms in total. The first kappa shape index (κ1) is 28.3. The summed E-state index contributed by atoms with van der Waals surface area (Å²) in [6.45, 7) is 13.1. The van der Waals surface area contributed by atoms with E-state index >= 15 is 0 Å². The van der Waals surface area contributed by atoms with Crippen LogP contribution >= 0.6 is 0 Å². The highest BCUT2D eigenvalue weighted by Gasteiger charge is 2.10. The van der Waals surface area contributed by atoms with E-state index < -0.39 is 0 Å². The molecule has 0 aliphatic heterocycles. The van der Waals surface area contributed by atoms with Crippen LogP contribution in [0.4, 0.5) is 0 Å². The molecule has 0 aliphatic carbocycles. The predicted octanol–water partition coefficient (Wildman–Crippen LogP) is 6.79. The number of nitrogens with one attached hydrogen (secondary N) is 1. The van der Waals surface area contributed by atoms with Crippen molar-refractivity contribution >= 4 is 16.6 Å². The Morgan fingerprint density at radius 1 is 1.08 bits per heavy atom. The quantitative estimate of drug-likeness (QED) is 0.298. The lowest BCUT2D eigenvalue weighted by atomic mass is 10.1. The Labute approximate surface area is 214 Å². The van der Waals surface area contributed by atoms with Crippen molar-refractivity contribution in [2.45, 2.75) is 54.6 Å². The van der Waals surface area contributed by atoms with Crippen molar-refractivity contribution in [1.29, 1.82) is 5.26 Å². The molecule has 188 valence electrons. The molecule has 0 fully saturated rings. The number of ketones is 1. The van der Waals surface area contributed by atoms with Gasteiger partial charge in [0.25, 0.3) is 0 Å². The number of benzene rings is 3. The second kappa shape index (κ2) is 14.4. The van der Waals surface area contributed by atoms with Crippen LogP contribution in [0.1, 0.15) is 57.0 Å². The van der Waals surface area contributed by atoms with E-state index in [1.165, 1.54) is 5.56 Å². The molecule has 0 atom stereocenters. The number of hydrogen-bond acceptors (Lipinski definition) is 5. The summed E-state index contributed by atoms with van der Waals surface area (Å²) in [5.41, 5.74) is 3.62. The van der Waals surface area contributed by atoms with Gasteiger partial charge in [0.05, 0.1) is 24.1 Å². The molecule has 0 radical (unpaired) electrons. The Kier molecular flexibility index (Phi) is 11.4. The molecule has 6 heteroatoms. The molecule has 0 amide bonds. The summed E-state index contributed by atoms with van der Waals surface area (Å²) in [4.78, 5) is 15.4. The maximum atomic E-state index is 11.2. The SMILES string of the molecule is CC.CC.CC(=O)CNCc1cncn1Cc1ccc(C#N)c(Oc2ccc3cccc(C)c3c2)c1. The molecular weight excluding hydrogens is 448 g/mol. The molecule has 4 aromatic rings. The lowest BCUT2D eigenvalue weighted by molar-refractivity contribution is -0.116. The average molecular weight is 485 g/mol. The van der Waals surface area contributed by atoms with Crippen LogP contribution in [0.15, 0.2) is 67.1 Å². The highest BCUT2D eigenvalue weighted by molar-refractivity contribution is 5.86. The fourth-order valence-corrected chi connectivity index (χ4v) is 3.64. The van der Waals surface area contributed by atoms with Crippen LogP contribution in [-0.4, -0.2) is 21.9 Å². The first-order chi connectivity index (χ1) is 17.5. The maximum absolute atomic E-state index is 11.2. The standard InChI is InChI=1S/C26H24N4O2.2C2H6/c1-18-4-3-5-21-8-9-24(11-25(18)21)32-26-10-20(6-7-22(26)12-27)16-30-17-29-15-23(30)14-28-13-19(2)31;2*1-2/h3-11,15,17,28H,13-14,16H2,1-2H3;2*1-2H3. The van der Waals surface area contributed by atoms with Crippen LogP contribution in [0, 0.1) is 18.3 Å². The van der Waals surface area contributed by atoms with E-state index in [2.05, 4.69) is 35.4 Å². The van der Waals surface area contributed by atoms with Gasteiger partial charge in [0.1, 0.15) is 23.4 Å². The molecular formula is C30H36N4O2. The predicted molar refractivity (Wildman–Crippen MR) is 146 cm³/mol. The van der Waals surface area contributed by atoms with Crippen LogP contribution in [0.25, 0.3) is 10.8 Å². The summed E-state index contributed by atoms with van der Waals surface area (Å²) < 4.78 is 8.16. The van der Waals surface area contributed by atoms with E-state index in [1.54, 1.807) is 25.5 Å². The number of carbonyl (C=O) groups is 1. The maximum Gasteiger partial charge on any atom is 0.145 e. The topological polar surface area (TPSA) is 79.9 Å². The molecule has 0 bridgehead atoms. The first-order valence-electron chi connectivity index (χ1n) is 12.4. The summed E-state index contributed by atoms with van der Waals surface area (Å²) in [7, 11) is 0. The van der Waals surface area contributed by atoms with Crippen molar-refractivity contribution in [3.8, 4) is 17.6 Å². The molecule has 0 saturated heterocycles. The molecule has 0 unspecified atom stereocenters. The van der Waals surface area contributed by atoms with Crippen molar-refractivity contribution in [1.82, 2.24) is 14.9 Å². The van der Waals surface area contributed by atoms with Crippen molar-refractivity contribution < 1.29 is 9.53 Å². The lowest BCUT2D eigenvalue weighted by Gasteiger charge is -2.13. The van der Waals surface area contributed by atoms with Gasteiger partial charge in [0.15, 0.2) is 0 Å². The minimum absolute atomic E-state index is 0.0915. The van der Waals surface area contributed by atoms with Crippen molar-refractivity contribution in [2.75, 3.05) is 6.54 Å². The normalized spacial score (nSPS) is 9.92. The molecule has 1 aromatic heterocycles. The minimum Gasteiger partial charge on any atom is -0.456 e. The summed E-state index contributed by atoms with van der Waals surface area (Å²) in [5.74, 6) is 1.31. The summed E-state index contributed by atoms with van der Waals surface area (Å²) in [5, 5.41) is 15.0. The Morgan fingerprint density at radius 3 is 2.58 bits per heavy atom. The number of aryl methyl sites for hydroxylation is 1. The van der Waals surface area contributed by atoms with Gasteiger partial charge in [-0.25, -0.2) is 4.98 Å². The second-order valence-corrected chi connectivity index (χ2v) is 7.82. The van der Waals surface area contributed by atoms with Gasteiger partial charge in [-0.05, 0) is 60.0 Å². The highest BCUT2D eigenvalue weighted by Crippen LogP contribution is 2.30. The number of ether oxygens (including phenoxy) is 1. The number of carbonyl (C=O) groups excluding carboxylic acids is 1. The van der Waals surface area contributed by atoms with Gasteiger partial charge in [0.2, 0.25) is 0 Å². The number of hydrogen-bond donors (Lipinski definition) is 1. The number of imidazole rings is 1. The van der Waals surface area contributed by atoms with Crippen LogP contribution in [0.3, 0.4) is 0 Å². The van der Waals surface area contributed by atoms with E-state index in [-0.39, 0.29) is 5.78 Å². The average Bonchev–Trinajstić information content (AvgIpc) is 3.33. The summed E-state index contributed by atoms with van der Waals surface area (Å²) in [6, 6.07) is 19.9. The number of rotatable bonds is 8. The van der Waals surface area contributed by atoms with Crippen LogP contribution in [-0.2, 0) is 17.9 Å². The van der Waals surface area contributed by atoms with E-state index in [9.17, 15) is 10.1 Å². The Balaban J connectivity index is 0.00000109. The third kappa shape index (κ3) is 7.53. The molecule has 1 heterocycles. The van der Waals surface area contributed by atoms with E-state index in [0.717, 1.165) is 22.0 Å². The zero-order valence-corrected chi connectivity index (χ0v) is 22.1. The summed E-state index contributed by atoms with van der Waals surface area (Å²) >= 11 is 0. The van der Waals surface area contributed by atoms with E-state index in [0.29, 0.717) is 36.7 Å². The molecule has 4 rings (SSSR count). The first-order valence-corrected chi connectivity index (χ1v) is 12.4. The van der Waals surface area contributed by atoms with Gasteiger partial charge < -0.3 is 14.6 Å². The lowest BCUT2D eigenvalue weighted by Crippen LogP contribution is -2.22.